The van der Waals surface area contributed by atoms with E-state index in [-0.39, 0.29) is 38.8 Å². The van der Waals surface area contributed by atoms with Crippen LogP contribution in [0.5, 0.6) is 11.5 Å². The van der Waals surface area contributed by atoms with Gasteiger partial charge in [-0.3, -0.25) is 14.4 Å². The minimum Gasteiger partial charge on any atom is -0.497 e. The van der Waals surface area contributed by atoms with E-state index in [2.05, 4.69) is 26.0 Å². The van der Waals surface area contributed by atoms with Crippen LogP contribution in [0.25, 0.3) is 0 Å². The van der Waals surface area contributed by atoms with E-state index >= 15 is 0 Å². The summed E-state index contributed by atoms with van der Waals surface area (Å²) in [5, 5.41) is 19.4. The molecule has 4 aromatic rings. The Balaban J connectivity index is 1.35. The number of rotatable bonds is 9. The lowest BCUT2D eigenvalue weighted by molar-refractivity contribution is -0.118. The van der Waals surface area contributed by atoms with E-state index in [0.717, 1.165) is 16.1 Å². The molecule has 0 bridgehead atoms. The SMILES string of the molecule is COc1ccc(N=NC2C(=O)N(c3c(Cl)cc(Cl)cc3Cl)N=C2NC(=O)c2cccc(NC(=O)COc3ccc(C)cc3C)c2)cc1. The second kappa shape index (κ2) is 14.6. The molecule has 5 rings (SSSR count). The van der Waals surface area contributed by atoms with Gasteiger partial charge in [-0.2, -0.15) is 15.2 Å². The summed E-state index contributed by atoms with van der Waals surface area (Å²) < 4.78 is 10.8. The van der Waals surface area contributed by atoms with Crippen molar-refractivity contribution in [2.75, 3.05) is 24.0 Å². The van der Waals surface area contributed by atoms with Gasteiger partial charge in [0.1, 0.15) is 17.2 Å². The summed E-state index contributed by atoms with van der Waals surface area (Å²) in [6.45, 7) is 3.64. The Hall–Kier alpha value is -4.97. The number of ether oxygens (including phenoxy) is 2. The highest BCUT2D eigenvalue weighted by Gasteiger charge is 2.40. The van der Waals surface area contributed by atoms with Crippen LogP contribution in [0.1, 0.15) is 21.5 Å². The molecule has 14 heteroatoms. The van der Waals surface area contributed by atoms with Gasteiger partial charge >= 0.3 is 0 Å². The number of hydrogen-bond acceptors (Lipinski definition) is 8. The van der Waals surface area contributed by atoms with Gasteiger partial charge in [0, 0.05) is 16.3 Å². The average molecular weight is 694 g/mol. The molecule has 0 spiro atoms. The minimum atomic E-state index is -1.35. The Morgan fingerprint density at radius 3 is 2.34 bits per heavy atom. The smallest absolute Gasteiger partial charge is 0.282 e. The maximum Gasteiger partial charge on any atom is 0.282 e. The molecule has 1 unspecified atom stereocenters. The number of nitrogens with one attached hydrogen (secondary N) is 2. The van der Waals surface area contributed by atoms with E-state index < -0.39 is 23.8 Å². The number of aryl methyl sites for hydroxylation is 2. The largest absolute Gasteiger partial charge is 0.497 e. The Bertz CT molecular complexity index is 1890. The highest BCUT2D eigenvalue weighted by atomic mass is 35.5. The van der Waals surface area contributed by atoms with Crippen molar-refractivity contribution < 1.29 is 23.9 Å². The van der Waals surface area contributed by atoms with Crippen LogP contribution >= 0.6 is 34.8 Å². The second-order valence-corrected chi connectivity index (χ2v) is 11.6. The monoisotopic (exact) mass is 692 g/mol. The zero-order valence-corrected chi connectivity index (χ0v) is 27.5. The Labute approximate surface area is 285 Å². The van der Waals surface area contributed by atoms with Crippen LogP contribution in [0.3, 0.4) is 0 Å². The number of benzene rings is 4. The van der Waals surface area contributed by atoms with Gasteiger partial charge in [0.15, 0.2) is 12.4 Å². The van der Waals surface area contributed by atoms with Crippen molar-refractivity contribution in [3.05, 3.63) is 111 Å². The Morgan fingerprint density at radius 1 is 0.936 bits per heavy atom. The zero-order chi connectivity index (χ0) is 33.7. The third-order valence-corrected chi connectivity index (χ3v) is 7.60. The molecule has 1 aliphatic rings. The fraction of sp³-hybridized carbons (Fsp3) is 0.152. The Kier molecular flexibility index (Phi) is 10.4. The lowest BCUT2D eigenvalue weighted by atomic mass is 10.1. The number of amidine groups is 1. The first-order valence-corrected chi connectivity index (χ1v) is 15.2. The van der Waals surface area contributed by atoms with Gasteiger partial charge in [-0.05, 0) is 80.1 Å². The summed E-state index contributed by atoms with van der Waals surface area (Å²) in [5.74, 6) is -0.636. The molecule has 240 valence electrons. The van der Waals surface area contributed by atoms with E-state index in [1.165, 1.54) is 31.4 Å². The second-order valence-electron chi connectivity index (χ2n) is 10.3. The van der Waals surface area contributed by atoms with Crippen molar-refractivity contribution in [2.24, 2.45) is 15.3 Å². The standard InChI is InChI=1S/C33H27Cl3N6O5/c1-18-7-12-27(19(2)13-18)47-17-28(43)37-23-6-4-5-20(14-23)32(44)38-31-29(40-39-22-8-10-24(46-3)11-9-22)33(45)42(41-31)30-25(35)15-21(34)16-26(30)36/h4-16,29H,17H2,1-3H3,(H,37,43)(H,38,41,44). The van der Waals surface area contributed by atoms with Crippen LogP contribution in [0, 0.1) is 13.8 Å². The number of nitrogens with zero attached hydrogens (tertiary/aromatic N) is 4. The van der Waals surface area contributed by atoms with E-state index in [1.54, 1.807) is 42.5 Å². The molecule has 0 aromatic heterocycles. The number of carbonyl (C=O) groups excluding carboxylic acids is 3. The number of methoxy groups -OCH3 is 1. The third-order valence-electron chi connectivity index (χ3n) is 6.80. The van der Waals surface area contributed by atoms with Crippen LogP contribution in [-0.2, 0) is 9.59 Å². The number of halogens is 3. The highest BCUT2D eigenvalue weighted by molar-refractivity contribution is 6.43. The quantitative estimate of drug-likeness (QED) is 0.175. The summed E-state index contributed by atoms with van der Waals surface area (Å²) in [6, 6.07) is 20.0. The number of hydrazone groups is 1. The number of hydrogen-bond donors (Lipinski definition) is 2. The van der Waals surface area contributed by atoms with Gasteiger partial charge in [0.25, 0.3) is 17.7 Å². The van der Waals surface area contributed by atoms with E-state index in [1.807, 2.05) is 26.0 Å². The van der Waals surface area contributed by atoms with Crippen molar-refractivity contribution in [3.8, 4) is 11.5 Å². The summed E-state index contributed by atoms with van der Waals surface area (Å²) in [5.41, 5.74) is 3.00. The van der Waals surface area contributed by atoms with Gasteiger partial charge in [0.2, 0.25) is 6.04 Å². The summed E-state index contributed by atoms with van der Waals surface area (Å²) in [7, 11) is 1.53. The first-order chi connectivity index (χ1) is 22.5. The molecule has 11 nitrogen and oxygen atoms in total. The van der Waals surface area contributed by atoms with Crippen LogP contribution in [0.15, 0.2) is 94.2 Å². The van der Waals surface area contributed by atoms with Gasteiger partial charge in [0.05, 0.1) is 22.8 Å². The number of amides is 3. The van der Waals surface area contributed by atoms with Crippen LogP contribution in [-0.4, -0.2) is 43.3 Å². The highest BCUT2D eigenvalue weighted by Crippen LogP contribution is 2.38. The van der Waals surface area contributed by atoms with Crippen molar-refractivity contribution >= 4 is 75.4 Å². The van der Waals surface area contributed by atoms with Crippen molar-refractivity contribution in [1.29, 1.82) is 0 Å². The summed E-state index contributed by atoms with van der Waals surface area (Å²) in [6.07, 6.45) is 0. The van der Waals surface area contributed by atoms with E-state index in [4.69, 9.17) is 44.3 Å². The molecule has 0 saturated heterocycles. The van der Waals surface area contributed by atoms with Crippen molar-refractivity contribution in [3.63, 3.8) is 0 Å². The molecule has 1 aliphatic heterocycles. The molecule has 0 saturated carbocycles. The van der Waals surface area contributed by atoms with E-state index in [0.29, 0.717) is 22.9 Å². The van der Waals surface area contributed by atoms with Gasteiger partial charge in [-0.15, -0.1) is 5.10 Å². The molecule has 3 amide bonds. The van der Waals surface area contributed by atoms with Crippen LogP contribution in [0.4, 0.5) is 17.1 Å². The first-order valence-electron chi connectivity index (χ1n) is 14.1. The van der Waals surface area contributed by atoms with Crippen molar-refractivity contribution in [1.82, 2.24) is 5.32 Å². The average Bonchev–Trinajstić information content (AvgIpc) is 3.33. The van der Waals surface area contributed by atoms with Gasteiger partial charge in [-0.25, -0.2) is 0 Å². The fourth-order valence-corrected chi connectivity index (χ4v) is 5.52. The molecule has 0 radical (unpaired) electrons. The molecule has 0 aliphatic carbocycles. The maximum absolute atomic E-state index is 13.6. The first kappa shape index (κ1) is 33.4. The fourth-order valence-electron chi connectivity index (χ4n) is 4.54. The lowest BCUT2D eigenvalue weighted by Crippen LogP contribution is -2.39. The summed E-state index contributed by atoms with van der Waals surface area (Å²) >= 11 is 18.8. The molecule has 1 atom stereocenters. The maximum atomic E-state index is 13.6. The normalized spacial score (nSPS) is 14.3. The predicted octanol–water partition coefficient (Wildman–Crippen LogP) is 7.53. The van der Waals surface area contributed by atoms with Crippen molar-refractivity contribution in [2.45, 2.75) is 19.9 Å². The molecule has 47 heavy (non-hydrogen) atoms. The van der Waals surface area contributed by atoms with Gasteiger partial charge < -0.3 is 20.1 Å². The molecule has 0 fully saturated rings. The number of anilines is 2. The molecule has 1 heterocycles. The molecular weight excluding hydrogens is 667 g/mol. The summed E-state index contributed by atoms with van der Waals surface area (Å²) in [4.78, 5) is 39.6. The third kappa shape index (κ3) is 8.07. The Morgan fingerprint density at radius 2 is 1.66 bits per heavy atom. The molecule has 4 aromatic carbocycles. The number of carbonyl (C=O) groups is 3. The molecule has 2 N–H and O–H groups in total. The predicted molar refractivity (Wildman–Crippen MR) is 182 cm³/mol. The zero-order valence-electron chi connectivity index (χ0n) is 25.3. The molecular formula is C33H27Cl3N6O5. The topological polar surface area (TPSA) is 134 Å². The van der Waals surface area contributed by atoms with Crippen LogP contribution in [0.2, 0.25) is 15.1 Å². The number of azo groups is 1. The van der Waals surface area contributed by atoms with E-state index in [9.17, 15) is 14.4 Å². The lowest BCUT2D eigenvalue weighted by Gasteiger charge is -2.15. The minimum absolute atomic E-state index is 0.0583. The van der Waals surface area contributed by atoms with Crippen LogP contribution < -0.4 is 25.1 Å². The van der Waals surface area contributed by atoms with Gasteiger partial charge in [-0.1, -0.05) is 58.6 Å².